The smallest absolute Gasteiger partial charge is 0.471 e. The van der Waals surface area contributed by atoms with Crippen molar-refractivity contribution >= 4 is 23.1 Å². The molecule has 3 aromatic carbocycles. The molecule has 1 amide bonds. The summed E-state index contributed by atoms with van der Waals surface area (Å²) in [7, 11) is 8.55. The van der Waals surface area contributed by atoms with Gasteiger partial charge in [0.25, 0.3) is 0 Å². The third-order valence-corrected chi connectivity index (χ3v) is 8.11. The van der Waals surface area contributed by atoms with Gasteiger partial charge in [-0.15, -0.1) is 0 Å². The van der Waals surface area contributed by atoms with Gasteiger partial charge in [0.1, 0.15) is 0 Å². The van der Waals surface area contributed by atoms with Gasteiger partial charge in [-0.2, -0.15) is 13.2 Å². The van der Waals surface area contributed by atoms with Gasteiger partial charge in [0, 0.05) is 17.7 Å². The Morgan fingerprint density at radius 3 is 1.74 bits per heavy atom. The SMILES string of the molecule is COc1cc([C@H]2CC(=O)C3=C(C2)Nc2ccccc2N(C(=O)C(F)(F)F)[C@@H]3c2cc(OC)c(OC)c(OC)c2)cc(OC)c1OC. The molecule has 0 unspecified atom stereocenters. The Labute approximate surface area is 263 Å². The maximum absolute atomic E-state index is 14.4. The first-order chi connectivity index (χ1) is 22.0. The molecule has 0 fully saturated rings. The van der Waals surface area contributed by atoms with Crippen LogP contribution < -0.4 is 38.6 Å². The van der Waals surface area contributed by atoms with E-state index in [9.17, 15) is 22.8 Å². The van der Waals surface area contributed by atoms with Crippen LogP contribution in [0.3, 0.4) is 0 Å². The molecular formula is C33H33F3N2O8. The van der Waals surface area contributed by atoms with Crippen molar-refractivity contribution in [2.24, 2.45) is 0 Å². The number of anilines is 2. The van der Waals surface area contributed by atoms with Crippen LogP contribution in [0.2, 0.25) is 0 Å². The van der Waals surface area contributed by atoms with Gasteiger partial charge >= 0.3 is 12.1 Å². The summed E-state index contributed by atoms with van der Waals surface area (Å²) >= 11 is 0. The number of Topliss-reactive ketones (excluding diaryl/α,β-unsaturated/α-hetero) is 1. The topological polar surface area (TPSA) is 105 Å². The van der Waals surface area contributed by atoms with Crippen LogP contribution in [0.5, 0.6) is 34.5 Å². The number of nitrogens with one attached hydrogen (secondary N) is 1. The Kier molecular flexibility index (Phi) is 8.95. The van der Waals surface area contributed by atoms with Gasteiger partial charge in [0.05, 0.1) is 60.1 Å². The van der Waals surface area contributed by atoms with E-state index in [1.165, 1.54) is 66.9 Å². The maximum atomic E-state index is 14.4. The largest absolute Gasteiger partial charge is 0.493 e. The van der Waals surface area contributed by atoms with E-state index in [0.29, 0.717) is 33.4 Å². The fourth-order valence-electron chi connectivity index (χ4n) is 6.10. The van der Waals surface area contributed by atoms with Crippen LogP contribution in [0.1, 0.15) is 35.9 Å². The molecule has 1 aliphatic carbocycles. The molecule has 3 aromatic rings. The van der Waals surface area contributed by atoms with E-state index in [-0.39, 0.29) is 52.6 Å². The van der Waals surface area contributed by atoms with Crippen LogP contribution in [0, 0.1) is 0 Å². The molecule has 1 aliphatic heterocycles. The Morgan fingerprint density at radius 2 is 1.26 bits per heavy atom. The van der Waals surface area contributed by atoms with E-state index in [2.05, 4.69) is 5.32 Å². The van der Waals surface area contributed by atoms with Crippen molar-refractivity contribution in [2.45, 2.75) is 31.0 Å². The number of halogens is 3. The minimum atomic E-state index is -5.27. The first-order valence-electron chi connectivity index (χ1n) is 14.1. The number of amides is 1. The molecule has 5 rings (SSSR count). The lowest BCUT2D eigenvalue weighted by Gasteiger charge is -2.35. The van der Waals surface area contributed by atoms with Crippen molar-refractivity contribution < 1.29 is 51.2 Å². The summed E-state index contributed by atoms with van der Waals surface area (Å²) in [5, 5.41) is 3.21. The average Bonchev–Trinajstić information content (AvgIpc) is 3.20. The molecular weight excluding hydrogens is 609 g/mol. The molecule has 0 saturated carbocycles. The molecule has 46 heavy (non-hydrogen) atoms. The summed E-state index contributed by atoms with van der Waals surface area (Å²) in [6, 6.07) is 11.0. The van der Waals surface area contributed by atoms with Gasteiger partial charge in [-0.25, -0.2) is 0 Å². The van der Waals surface area contributed by atoms with Gasteiger partial charge in [0.2, 0.25) is 11.5 Å². The summed E-state index contributed by atoms with van der Waals surface area (Å²) in [6.07, 6.45) is -5.14. The lowest BCUT2D eigenvalue weighted by atomic mass is 9.78. The zero-order valence-electron chi connectivity index (χ0n) is 26.0. The highest BCUT2D eigenvalue weighted by atomic mass is 19.4. The van der Waals surface area contributed by atoms with Crippen molar-refractivity contribution in [3.63, 3.8) is 0 Å². The number of carbonyl (C=O) groups excluding carboxylic acids is 2. The van der Waals surface area contributed by atoms with Crippen molar-refractivity contribution in [3.8, 4) is 34.5 Å². The number of rotatable bonds is 8. The molecule has 2 aliphatic rings. The molecule has 2 atom stereocenters. The van der Waals surface area contributed by atoms with Gasteiger partial charge in [-0.05, 0) is 59.9 Å². The Balaban J connectivity index is 1.77. The maximum Gasteiger partial charge on any atom is 0.471 e. The number of carbonyl (C=O) groups is 2. The zero-order valence-corrected chi connectivity index (χ0v) is 26.0. The number of hydrogen-bond acceptors (Lipinski definition) is 9. The van der Waals surface area contributed by atoms with Gasteiger partial charge in [-0.3, -0.25) is 14.5 Å². The standard InChI is InChI=1S/C33H33F3N2O8/c1-41-24-13-18(14-25(42-2)30(24)45-5)17-11-21-28(23(39)12-17)29(19-15-26(43-3)31(46-6)27(16-19)44-4)38(32(40)33(34,35)36)22-10-8-7-9-20(22)37-21/h7-10,13-17,29,37H,11-12H2,1-6H3/t17-,29-/m1/s1. The summed E-state index contributed by atoms with van der Waals surface area (Å²) in [5.41, 5.74) is 1.38. The number of ether oxygens (including phenoxy) is 6. The average molecular weight is 643 g/mol. The Bertz CT molecular complexity index is 1650. The highest BCUT2D eigenvalue weighted by molar-refractivity contribution is 6.07. The second-order valence-corrected chi connectivity index (χ2v) is 10.6. The molecule has 1 heterocycles. The molecule has 13 heteroatoms. The fraction of sp³-hybridized carbons (Fsp3) is 0.333. The summed E-state index contributed by atoms with van der Waals surface area (Å²) in [6.45, 7) is 0. The van der Waals surface area contributed by atoms with E-state index in [0.717, 1.165) is 0 Å². The van der Waals surface area contributed by atoms with Crippen LogP contribution >= 0.6 is 0 Å². The number of para-hydroxylation sites is 2. The minimum Gasteiger partial charge on any atom is -0.493 e. The monoisotopic (exact) mass is 642 g/mol. The lowest BCUT2D eigenvalue weighted by molar-refractivity contribution is -0.170. The Morgan fingerprint density at radius 1 is 0.761 bits per heavy atom. The normalized spacial score (nSPS) is 17.7. The predicted octanol–water partition coefficient (Wildman–Crippen LogP) is 6.20. The zero-order chi connectivity index (χ0) is 33.3. The first-order valence-corrected chi connectivity index (χ1v) is 14.1. The Hall–Kier alpha value is -5.07. The molecule has 1 N–H and O–H groups in total. The van der Waals surface area contributed by atoms with E-state index >= 15 is 0 Å². The van der Waals surface area contributed by atoms with Crippen LogP contribution in [-0.2, 0) is 9.59 Å². The van der Waals surface area contributed by atoms with E-state index in [4.69, 9.17) is 28.4 Å². The van der Waals surface area contributed by atoms with Crippen molar-refractivity contribution in [3.05, 3.63) is 70.9 Å². The molecule has 10 nitrogen and oxygen atoms in total. The lowest BCUT2D eigenvalue weighted by Crippen LogP contribution is -2.45. The van der Waals surface area contributed by atoms with Crippen molar-refractivity contribution in [1.29, 1.82) is 0 Å². The third-order valence-electron chi connectivity index (χ3n) is 8.11. The molecule has 0 aromatic heterocycles. The second kappa shape index (κ2) is 12.7. The highest BCUT2D eigenvalue weighted by Gasteiger charge is 2.50. The third kappa shape index (κ3) is 5.61. The number of alkyl halides is 3. The van der Waals surface area contributed by atoms with Crippen molar-refractivity contribution in [2.75, 3.05) is 52.9 Å². The molecule has 0 saturated heterocycles. The minimum absolute atomic E-state index is 0.00626. The number of ketones is 1. The van der Waals surface area contributed by atoms with Crippen molar-refractivity contribution in [1.82, 2.24) is 0 Å². The van der Waals surface area contributed by atoms with Crippen LogP contribution in [0.25, 0.3) is 0 Å². The summed E-state index contributed by atoms with van der Waals surface area (Å²) < 4.78 is 75.9. The van der Waals surface area contributed by atoms with Crippen LogP contribution in [0.15, 0.2) is 59.8 Å². The number of allylic oxidation sites excluding steroid dienone is 1. The molecule has 0 spiro atoms. The predicted molar refractivity (Wildman–Crippen MR) is 163 cm³/mol. The molecule has 244 valence electrons. The van der Waals surface area contributed by atoms with E-state index in [1.807, 2.05) is 0 Å². The summed E-state index contributed by atoms with van der Waals surface area (Å²) in [5.74, 6) is -1.40. The number of hydrogen-bond donors (Lipinski definition) is 1. The van der Waals surface area contributed by atoms with Gasteiger partial charge in [0.15, 0.2) is 28.8 Å². The van der Waals surface area contributed by atoms with Crippen LogP contribution in [-0.4, -0.2) is 60.5 Å². The highest BCUT2D eigenvalue weighted by Crippen LogP contribution is 2.51. The van der Waals surface area contributed by atoms with Gasteiger partial charge in [-0.1, -0.05) is 12.1 Å². The second-order valence-electron chi connectivity index (χ2n) is 10.6. The molecule has 0 bridgehead atoms. The van der Waals surface area contributed by atoms with E-state index in [1.54, 1.807) is 24.3 Å². The van der Waals surface area contributed by atoms with E-state index < -0.39 is 29.8 Å². The quantitative estimate of drug-likeness (QED) is 0.308. The molecule has 0 radical (unpaired) electrons. The number of methoxy groups -OCH3 is 6. The first kappa shape index (κ1) is 32.3. The summed E-state index contributed by atoms with van der Waals surface area (Å²) in [4.78, 5) is 28.2. The number of nitrogens with zero attached hydrogens (tertiary/aromatic N) is 1. The van der Waals surface area contributed by atoms with Crippen LogP contribution in [0.4, 0.5) is 24.5 Å². The fourth-order valence-corrected chi connectivity index (χ4v) is 6.10. The number of fused-ring (bicyclic) bond motifs is 1. The van der Waals surface area contributed by atoms with Gasteiger partial charge < -0.3 is 33.7 Å². The number of benzene rings is 3.